The van der Waals surface area contributed by atoms with E-state index >= 15 is 0 Å². The molecule has 4 rings (SSSR count). The van der Waals surface area contributed by atoms with Gasteiger partial charge in [-0.25, -0.2) is 0 Å². The predicted octanol–water partition coefficient (Wildman–Crippen LogP) is 3.36. The molecule has 0 bridgehead atoms. The summed E-state index contributed by atoms with van der Waals surface area (Å²) in [6.45, 7) is 3.15. The molecule has 1 saturated carbocycles. The molecule has 2 fully saturated rings. The van der Waals surface area contributed by atoms with Crippen molar-refractivity contribution in [1.82, 2.24) is 4.90 Å². The number of likely N-dealkylation sites (tertiary alicyclic amines) is 1. The molecule has 0 radical (unpaired) electrons. The van der Waals surface area contributed by atoms with Crippen molar-refractivity contribution in [3.05, 3.63) is 53.5 Å². The number of amides is 1. The summed E-state index contributed by atoms with van der Waals surface area (Å²) in [7, 11) is 1.66. The number of hydrogen-bond acceptors (Lipinski definition) is 4. The Morgan fingerprint density at radius 1 is 1.15 bits per heavy atom. The lowest BCUT2D eigenvalue weighted by atomic mass is 9.77. The lowest BCUT2D eigenvalue weighted by Gasteiger charge is -2.33. The molecule has 2 aliphatic rings. The van der Waals surface area contributed by atoms with Crippen LogP contribution >= 0.6 is 0 Å². The average molecular weight is 368 g/mol. The maximum atomic E-state index is 13.7. The molecule has 2 N–H and O–H groups in total. The van der Waals surface area contributed by atoms with Gasteiger partial charge >= 0.3 is 0 Å². The zero-order valence-corrected chi connectivity index (χ0v) is 16.1. The van der Waals surface area contributed by atoms with E-state index in [0.717, 1.165) is 48.5 Å². The summed E-state index contributed by atoms with van der Waals surface area (Å²) in [5.41, 5.74) is 7.06. The molecule has 5 nitrogen and oxygen atoms in total. The van der Waals surface area contributed by atoms with Crippen LogP contribution in [0.5, 0.6) is 5.75 Å². The summed E-state index contributed by atoms with van der Waals surface area (Å²) in [4.78, 5) is 15.6. The number of methoxy groups -OCH3 is 1. The van der Waals surface area contributed by atoms with E-state index in [1.54, 1.807) is 7.11 Å². The molecule has 1 aromatic heterocycles. The maximum Gasteiger partial charge on any atom is 0.233 e. The largest absolute Gasteiger partial charge is 0.497 e. The van der Waals surface area contributed by atoms with E-state index in [4.69, 9.17) is 14.9 Å². The van der Waals surface area contributed by atoms with Crippen LogP contribution < -0.4 is 10.5 Å². The Balaban J connectivity index is 1.59. The zero-order chi connectivity index (χ0) is 19.0. The van der Waals surface area contributed by atoms with Crippen molar-refractivity contribution in [2.24, 2.45) is 5.73 Å². The molecule has 1 amide bonds. The van der Waals surface area contributed by atoms with Gasteiger partial charge in [0.25, 0.3) is 0 Å². The minimum Gasteiger partial charge on any atom is -0.497 e. The van der Waals surface area contributed by atoms with Crippen molar-refractivity contribution in [1.29, 1.82) is 0 Å². The van der Waals surface area contributed by atoms with Crippen LogP contribution in [0.4, 0.5) is 0 Å². The zero-order valence-electron chi connectivity index (χ0n) is 16.1. The van der Waals surface area contributed by atoms with Crippen molar-refractivity contribution in [2.45, 2.75) is 50.0 Å². The number of carbonyl (C=O) groups is 1. The normalized spacial score (nSPS) is 24.3. The van der Waals surface area contributed by atoms with Crippen molar-refractivity contribution in [3.8, 4) is 5.75 Å². The van der Waals surface area contributed by atoms with Gasteiger partial charge in [0.1, 0.15) is 17.3 Å². The lowest BCUT2D eigenvalue weighted by Crippen LogP contribution is -2.45. The highest BCUT2D eigenvalue weighted by Gasteiger charge is 2.48. The third-order valence-electron chi connectivity index (χ3n) is 6.29. The minimum atomic E-state index is -0.431. The number of nitrogens with two attached hydrogens (primary N) is 1. The Kier molecular flexibility index (Phi) is 4.72. The van der Waals surface area contributed by atoms with Gasteiger partial charge in [0.2, 0.25) is 5.91 Å². The second kappa shape index (κ2) is 7.04. The number of aryl methyl sites for hydroxylation is 1. The van der Waals surface area contributed by atoms with Crippen LogP contribution in [0.3, 0.4) is 0 Å². The SMILES string of the molecule is COc1ccc(C2(C(=O)N3C[C@H](c4ccc(C)o4)[C@@H](N)C3)CCCC2)cc1. The molecule has 27 heavy (non-hydrogen) atoms. The van der Waals surface area contributed by atoms with Gasteiger partial charge in [-0.05, 0) is 49.6 Å². The third-order valence-corrected chi connectivity index (χ3v) is 6.29. The van der Waals surface area contributed by atoms with Gasteiger partial charge in [0.05, 0.1) is 18.4 Å². The van der Waals surface area contributed by atoms with E-state index in [0.29, 0.717) is 13.1 Å². The Labute approximate surface area is 160 Å². The topological polar surface area (TPSA) is 68.7 Å². The number of hydrogen-bond donors (Lipinski definition) is 1. The predicted molar refractivity (Wildman–Crippen MR) is 104 cm³/mol. The van der Waals surface area contributed by atoms with Gasteiger partial charge in [-0.3, -0.25) is 4.79 Å². The second-order valence-corrected chi connectivity index (χ2v) is 7.95. The average Bonchev–Trinajstić information content (AvgIpc) is 3.41. The van der Waals surface area contributed by atoms with Crippen LogP contribution in [0.25, 0.3) is 0 Å². The van der Waals surface area contributed by atoms with E-state index in [-0.39, 0.29) is 17.9 Å². The van der Waals surface area contributed by atoms with Crippen molar-refractivity contribution >= 4 is 5.91 Å². The molecular weight excluding hydrogens is 340 g/mol. The van der Waals surface area contributed by atoms with Gasteiger partial charge in [0.15, 0.2) is 0 Å². The summed E-state index contributed by atoms with van der Waals surface area (Å²) in [6.07, 6.45) is 3.96. The summed E-state index contributed by atoms with van der Waals surface area (Å²) in [5, 5.41) is 0. The number of furan rings is 1. The molecule has 2 aromatic rings. The molecule has 5 heteroatoms. The summed E-state index contributed by atoms with van der Waals surface area (Å²) >= 11 is 0. The van der Waals surface area contributed by atoms with Gasteiger partial charge in [0, 0.05) is 19.1 Å². The Hall–Kier alpha value is -2.27. The maximum absolute atomic E-state index is 13.7. The molecule has 144 valence electrons. The van der Waals surface area contributed by atoms with Gasteiger partial charge in [-0.1, -0.05) is 25.0 Å². The van der Waals surface area contributed by atoms with Crippen LogP contribution in [0.15, 0.2) is 40.8 Å². The first-order valence-corrected chi connectivity index (χ1v) is 9.79. The molecule has 2 heterocycles. The third kappa shape index (κ3) is 3.14. The molecule has 0 spiro atoms. The Bertz CT molecular complexity index is 805. The van der Waals surface area contributed by atoms with Crippen LogP contribution in [0.2, 0.25) is 0 Å². The molecule has 1 aliphatic heterocycles. The molecule has 0 unspecified atom stereocenters. The fourth-order valence-electron chi connectivity index (χ4n) is 4.77. The van der Waals surface area contributed by atoms with E-state index in [9.17, 15) is 4.79 Å². The molecule has 1 saturated heterocycles. The quantitative estimate of drug-likeness (QED) is 0.898. The fourth-order valence-corrected chi connectivity index (χ4v) is 4.77. The first-order valence-electron chi connectivity index (χ1n) is 9.79. The molecule has 1 aromatic carbocycles. The number of carbonyl (C=O) groups excluding carboxylic acids is 1. The monoisotopic (exact) mass is 368 g/mol. The first kappa shape index (κ1) is 18.1. The van der Waals surface area contributed by atoms with Crippen LogP contribution in [-0.2, 0) is 10.2 Å². The van der Waals surface area contributed by atoms with E-state index < -0.39 is 5.41 Å². The Morgan fingerprint density at radius 3 is 2.44 bits per heavy atom. The highest BCUT2D eigenvalue weighted by Crippen LogP contribution is 2.44. The highest BCUT2D eigenvalue weighted by atomic mass is 16.5. The Morgan fingerprint density at radius 2 is 1.85 bits per heavy atom. The van der Waals surface area contributed by atoms with Gasteiger partial charge in [-0.2, -0.15) is 0 Å². The lowest BCUT2D eigenvalue weighted by molar-refractivity contribution is -0.136. The second-order valence-electron chi connectivity index (χ2n) is 7.95. The summed E-state index contributed by atoms with van der Waals surface area (Å²) < 4.78 is 11.1. The number of benzene rings is 1. The minimum absolute atomic E-state index is 0.0666. The number of rotatable bonds is 4. The molecule has 1 aliphatic carbocycles. The van der Waals surface area contributed by atoms with Crippen LogP contribution in [-0.4, -0.2) is 37.0 Å². The van der Waals surface area contributed by atoms with Gasteiger partial charge in [-0.15, -0.1) is 0 Å². The smallest absolute Gasteiger partial charge is 0.233 e. The number of ether oxygens (including phenoxy) is 1. The highest BCUT2D eigenvalue weighted by molar-refractivity contribution is 5.89. The van der Waals surface area contributed by atoms with E-state index in [1.807, 2.05) is 48.2 Å². The molecule has 2 atom stereocenters. The van der Waals surface area contributed by atoms with E-state index in [1.165, 1.54) is 0 Å². The van der Waals surface area contributed by atoms with Crippen LogP contribution in [0, 0.1) is 6.92 Å². The standard InChI is InChI=1S/C22H28N2O3/c1-15-5-10-20(27-15)18-13-24(14-19(18)23)21(25)22(11-3-4-12-22)16-6-8-17(26-2)9-7-16/h5-10,18-19H,3-4,11-14,23H2,1-2H3/t18-,19-/m0/s1. The molecular formula is C22H28N2O3. The number of nitrogens with zero attached hydrogens (tertiary/aromatic N) is 1. The summed E-state index contributed by atoms with van der Waals surface area (Å²) in [5.74, 6) is 2.87. The van der Waals surface area contributed by atoms with Gasteiger partial charge < -0.3 is 19.8 Å². The van der Waals surface area contributed by atoms with Crippen LogP contribution in [0.1, 0.15) is 48.7 Å². The van der Waals surface area contributed by atoms with Crippen molar-refractivity contribution in [3.63, 3.8) is 0 Å². The fraction of sp³-hybridized carbons (Fsp3) is 0.500. The first-order chi connectivity index (χ1) is 13.0. The summed E-state index contributed by atoms with van der Waals surface area (Å²) in [6, 6.07) is 11.9. The van der Waals surface area contributed by atoms with Crippen molar-refractivity contribution in [2.75, 3.05) is 20.2 Å². The van der Waals surface area contributed by atoms with Crippen molar-refractivity contribution < 1.29 is 13.9 Å². The van der Waals surface area contributed by atoms with E-state index in [2.05, 4.69) is 0 Å².